The smallest absolute Gasteiger partial charge is 0.410 e. The summed E-state index contributed by atoms with van der Waals surface area (Å²) in [7, 11) is 0. The van der Waals surface area contributed by atoms with Gasteiger partial charge in [0.15, 0.2) is 0 Å². The first-order chi connectivity index (χ1) is 11.3. The lowest BCUT2D eigenvalue weighted by Gasteiger charge is -2.35. The van der Waals surface area contributed by atoms with Gasteiger partial charge in [0.05, 0.1) is 6.61 Å². The Kier molecular flexibility index (Phi) is 5.94. The Morgan fingerprint density at radius 3 is 2.46 bits per heavy atom. The molecule has 1 amide bonds. The summed E-state index contributed by atoms with van der Waals surface area (Å²) in [6, 6.07) is 5.74. The van der Waals surface area contributed by atoms with Gasteiger partial charge in [-0.1, -0.05) is 0 Å². The quantitative estimate of drug-likeness (QED) is 0.857. The Balaban J connectivity index is 1.91. The van der Waals surface area contributed by atoms with Crippen LogP contribution in [0.3, 0.4) is 0 Å². The molecule has 6 heteroatoms. The zero-order valence-corrected chi connectivity index (χ0v) is 15.2. The molecule has 1 aromatic carbocycles. The highest BCUT2D eigenvalue weighted by Gasteiger charge is 2.26. The van der Waals surface area contributed by atoms with Crippen molar-refractivity contribution >= 4 is 11.8 Å². The molecule has 1 heterocycles. The monoisotopic (exact) mass is 335 g/mol. The van der Waals surface area contributed by atoms with Gasteiger partial charge in [0.2, 0.25) is 0 Å². The van der Waals surface area contributed by atoms with E-state index in [-0.39, 0.29) is 6.09 Å². The predicted molar refractivity (Wildman–Crippen MR) is 95.1 cm³/mol. The minimum Gasteiger partial charge on any atom is -0.494 e. The molecule has 1 aromatic rings. The molecule has 2 rings (SSSR count). The number of benzene rings is 1. The predicted octanol–water partition coefficient (Wildman–Crippen LogP) is 2.72. The molecular weight excluding hydrogens is 306 g/mol. The van der Waals surface area contributed by atoms with Crippen molar-refractivity contribution in [2.75, 3.05) is 38.5 Å². The highest BCUT2D eigenvalue weighted by atomic mass is 16.6. The third kappa shape index (κ3) is 5.30. The summed E-state index contributed by atoms with van der Waals surface area (Å²) in [4.78, 5) is 16.2. The van der Waals surface area contributed by atoms with Crippen molar-refractivity contribution in [3.8, 4) is 5.75 Å². The molecule has 1 aliphatic rings. The van der Waals surface area contributed by atoms with Crippen LogP contribution in [0.2, 0.25) is 0 Å². The first-order valence-electron chi connectivity index (χ1n) is 8.50. The van der Waals surface area contributed by atoms with Gasteiger partial charge in [-0.3, -0.25) is 4.90 Å². The van der Waals surface area contributed by atoms with E-state index in [1.807, 2.05) is 45.9 Å². The van der Waals surface area contributed by atoms with E-state index in [9.17, 15) is 4.79 Å². The number of piperazine rings is 1. The van der Waals surface area contributed by atoms with Gasteiger partial charge in [0.1, 0.15) is 11.4 Å². The molecule has 2 N–H and O–H groups in total. The second kappa shape index (κ2) is 7.75. The minimum atomic E-state index is -0.456. The SMILES string of the molecule is CCOc1ccc(N)cc1CN1CCN(C(=O)OC(C)(C)C)CC1. The zero-order valence-electron chi connectivity index (χ0n) is 15.2. The first-order valence-corrected chi connectivity index (χ1v) is 8.50. The number of nitrogens with zero attached hydrogens (tertiary/aromatic N) is 2. The minimum absolute atomic E-state index is 0.235. The van der Waals surface area contributed by atoms with Crippen LogP contribution in [0.1, 0.15) is 33.3 Å². The molecule has 6 nitrogen and oxygen atoms in total. The summed E-state index contributed by atoms with van der Waals surface area (Å²) >= 11 is 0. The number of ether oxygens (including phenoxy) is 2. The Bertz CT molecular complexity index is 561. The second-order valence-corrected chi connectivity index (χ2v) is 7.04. The fourth-order valence-corrected chi connectivity index (χ4v) is 2.68. The van der Waals surface area contributed by atoms with Crippen LogP contribution in [0.5, 0.6) is 5.75 Å². The molecule has 1 fully saturated rings. The molecule has 0 saturated carbocycles. The lowest BCUT2D eigenvalue weighted by atomic mass is 10.1. The average molecular weight is 335 g/mol. The third-order valence-electron chi connectivity index (χ3n) is 3.80. The molecule has 1 saturated heterocycles. The van der Waals surface area contributed by atoms with Gasteiger partial charge in [-0.15, -0.1) is 0 Å². The van der Waals surface area contributed by atoms with E-state index in [4.69, 9.17) is 15.2 Å². The summed E-state index contributed by atoms with van der Waals surface area (Å²) in [6.45, 7) is 12.0. The van der Waals surface area contributed by atoms with Crippen molar-refractivity contribution in [2.45, 2.75) is 39.8 Å². The number of amides is 1. The largest absolute Gasteiger partial charge is 0.494 e. The van der Waals surface area contributed by atoms with Crippen LogP contribution < -0.4 is 10.5 Å². The van der Waals surface area contributed by atoms with Crippen LogP contribution in [0.4, 0.5) is 10.5 Å². The Labute approximate surface area is 144 Å². The number of nitrogen functional groups attached to an aromatic ring is 1. The molecule has 134 valence electrons. The van der Waals surface area contributed by atoms with E-state index >= 15 is 0 Å². The second-order valence-electron chi connectivity index (χ2n) is 7.04. The van der Waals surface area contributed by atoms with Crippen molar-refractivity contribution in [3.05, 3.63) is 23.8 Å². The van der Waals surface area contributed by atoms with Crippen LogP contribution in [0.15, 0.2) is 18.2 Å². The van der Waals surface area contributed by atoms with Crippen molar-refractivity contribution in [2.24, 2.45) is 0 Å². The number of carbonyl (C=O) groups is 1. The van der Waals surface area contributed by atoms with Gasteiger partial charge >= 0.3 is 6.09 Å². The van der Waals surface area contributed by atoms with Gasteiger partial charge in [0, 0.05) is 44.0 Å². The summed E-state index contributed by atoms with van der Waals surface area (Å²) in [5.41, 5.74) is 7.27. The van der Waals surface area contributed by atoms with Gasteiger partial charge in [-0.05, 0) is 45.9 Å². The van der Waals surface area contributed by atoms with E-state index in [0.29, 0.717) is 19.7 Å². The lowest BCUT2D eigenvalue weighted by Crippen LogP contribution is -2.49. The highest BCUT2D eigenvalue weighted by Crippen LogP contribution is 2.24. The molecular formula is C18H29N3O3. The highest BCUT2D eigenvalue weighted by molar-refractivity contribution is 5.68. The fourth-order valence-electron chi connectivity index (χ4n) is 2.68. The number of anilines is 1. The number of hydrogen-bond donors (Lipinski definition) is 1. The van der Waals surface area contributed by atoms with Crippen LogP contribution in [-0.4, -0.2) is 54.3 Å². The van der Waals surface area contributed by atoms with Gasteiger partial charge in [-0.2, -0.15) is 0 Å². The number of hydrogen-bond acceptors (Lipinski definition) is 5. The molecule has 24 heavy (non-hydrogen) atoms. The Hall–Kier alpha value is -1.95. The Morgan fingerprint density at radius 2 is 1.88 bits per heavy atom. The van der Waals surface area contributed by atoms with Crippen LogP contribution >= 0.6 is 0 Å². The summed E-state index contributed by atoms with van der Waals surface area (Å²) in [5, 5.41) is 0. The molecule has 0 aromatic heterocycles. The fraction of sp³-hybridized carbons (Fsp3) is 0.611. The third-order valence-corrected chi connectivity index (χ3v) is 3.80. The summed E-state index contributed by atoms with van der Waals surface area (Å²) in [6.07, 6.45) is -0.235. The molecule has 0 unspecified atom stereocenters. The van der Waals surface area contributed by atoms with Crippen molar-refractivity contribution < 1.29 is 14.3 Å². The number of carbonyl (C=O) groups excluding carboxylic acids is 1. The van der Waals surface area contributed by atoms with Gasteiger partial charge in [-0.25, -0.2) is 4.79 Å². The van der Waals surface area contributed by atoms with E-state index in [1.165, 1.54) is 0 Å². The van der Waals surface area contributed by atoms with Gasteiger partial charge < -0.3 is 20.1 Å². The standard InChI is InChI=1S/C18H29N3O3/c1-5-23-16-7-6-15(19)12-14(16)13-20-8-10-21(11-9-20)17(22)24-18(2,3)4/h6-7,12H,5,8-11,13,19H2,1-4H3. The number of rotatable bonds is 4. The van der Waals surface area contributed by atoms with Crippen LogP contribution in [-0.2, 0) is 11.3 Å². The molecule has 0 bridgehead atoms. The van der Waals surface area contributed by atoms with Crippen LogP contribution in [0.25, 0.3) is 0 Å². The molecule has 0 radical (unpaired) electrons. The van der Waals surface area contributed by atoms with Crippen molar-refractivity contribution in [1.29, 1.82) is 0 Å². The van der Waals surface area contributed by atoms with Crippen LogP contribution in [0, 0.1) is 0 Å². The molecule has 0 spiro atoms. The topological polar surface area (TPSA) is 68.0 Å². The Morgan fingerprint density at radius 1 is 1.21 bits per heavy atom. The maximum absolute atomic E-state index is 12.1. The number of nitrogens with two attached hydrogens (primary N) is 1. The maximum Gasteiger partial charge on any atom is 0.410 e. The molecule has 1 aliphatic heterocycles. The van der Waals surface area contributed by atoms with E-state index < -0.39 is 5.60 Å². The van der Waals surface area contributed by atoms with E-state index in [2.05, 4.69) is 4.90 Å². The molecule has 0 atom stereocenters. The van der Waals surface area contributed by atoms with E-state index in [1.54, 1.807) is 4.90 Å². The van der Waals surface area contributed by atoms with Gasteiger partial charge in [0.25, 0.3) is 0 Å². The normalized spacial score (nSPS) is 16.1. The lowest BCUT2D eigenvalue weighted by molar-refractivity contribution is 0.0138. The molecule has 0 aliphatic carbocycles. The van der Waals surface area contributed by atoms with Crippen molar-refractivity contribution in [1.82, 2.24) is 9.80 Å². The summed E-state index contributed by atoms with van der Waals surface area (Å²) in [5.74, 6) is 0.876. The van der Waals surface area contributed by atoms with Crippen molar-refractivity contribution in [3.63, 3.8) is 0 Å². The zero-order chi connectivity index (χ0) is 17.7. The maximum atomic E-state index is 12.1. The average Bonchev–Trinajstić information content (AvgIpc) is 2.49. The van der Waals surface area contributed by atoms with E-state index in [0.717, 1.165) is 36.6 Å². The summed E-state index contributed by atoms with van der Waals surface area (Å²) < 4.78 is 11.1. The first kappa shape index (κ1) is 18.4.